The summed E-state index contributed by atoms with van der Waals surface area (Å²) in [7, 11) is 0. The summed E-state index contributed by atoms with van der Waals surface area (Å²) in [5, 5.41) is 17.8. The SMILES string of the molecule is O=C(CCc1cc2n(n1)CCN(C(=O)Cc1cccs1)C2)NCCO. The number of aliphatic hydroxyl groups is 1. The van der Waals surface area contributed by atoms with Crippen LogP contribution in [0, 0.1) is 0 Å². The minimum absolute atomic E-state index is 0.0557. The largest absolute Gasteiger partial charge is 0.395 e. The van der Waals surface area contributed by atoms with Crippen LogP contribution in [0.2, 0.25) is 0 Å². The first-order valence-corrected chi connectivity index (χ1v) is 9.27. The molecule has 0 atom stereocenters. The molecular formula is C17H22N4O3S. The molecule has 0 saturated carbocycles. The minimum Gasteiger partial charge on any atom is -0.395 e. The number of nitrogens with one attached hydrogen (secondary N) is 1. The first-order valence-electron chi connectivity index (χ1n) is 8.39. The molecule has 0 aromatic carbocycles. The van der Waals surface area contributed by atoms with Crippen molar-refractivity contribution in [2.75, 3.05) is 19.7 Å². The lowest BCUT2D eigenvalue weighted by Gasteiger charge is -2.27. The fraction of sp³-hybridized carbons (Fsp3) is 0.471. The molecule has 2 aromatic heterocycles. The van der Waals surface area contributed by atoms with Crippen molar-refractivity contribution in [3.8, 4) is 0 Å². The van der Waals surface area contributed by atoms with Crippen LogP contribution in [-0.2, 0) is 35.5 Å². The van der Waals surface area contributed by atoms with E-state index in [1.54, 1.807) is 11.3 Å². The number of fused-ring (bicyclic) bond motifs is 1. The van der Waals surface area contributed by atoms with Gasteiger partial charge in [-0.3, -0.25) is 14.3 Å². The highest BCUT2D eigenvalue weighted by atomic mass is 32.1. The highest BCUT2D eigenvalue weighted by molar-refractivity contribution is 7.10. The molecule has 25 heavy (non-hydrogen) atoms. The minimum atomic E-state index is -0.0900. The number of hydrogen-bond acceptors (Lipinski definition) is 5. The Morgan fingerprint density at radius 3 is 3.00 bits per heavy atom. The van der Waals surface area contributed by atoms with Gasteiger partial charge in [0.2, 0.25) is 11.8 Å². The van der Waals surface area contributed by atoms with Gasteiger partial charge in [0.05, 0.1) is 37.5 Å². The van der Waals surface area contributed by atoms with Crippen molar-refractivity contribution in [3.05, 3.63) is 39.8 Å². The number of aryl methyl sites for hydroxylation is 1. The second-order valence-electron chi connectivity index (χ2n) is 6.00. The van der Waals surface area contributed by atoms with Crippen LogP contribution < -0.4 is 5.32 Å². The van der Waals surface area contributed by atoms with Crippen molar-refractivity contribution < 1.29 is 14.7 Å². The van der Waals surface area contributed by atoms with Gasteiger partial charge < -0.3 is 15.3 Å². The lowest BCUT2D eigenvalue weighted by Crippen LogP contribution is -2.39. The Morgan fingerprint density at radius 2 is 2.24 bits per heavy atom. The number of carbonyl (C=O) groups is 2. The number of hydrogen-bond donors (Lipinski definition) is 2. The van der Waals surface area contributed by atoms with Gasteiger partial charge in [-0.2, -0.15) is 5.10 Å². The van der Waals surface area contributed by atoms with Crippen LogP contribution in [0.25, 0.3) is 0 Å². The van der Waals surface area contributed by atoms with Gasteiger partial charge in [-0.1, -0.05) is 6.07 Å². The first-order chi connectivity index (χ1) is 12.2. The van der Waals surface area contributed by atoms with E-state index in [0.29, 0.717) is 38.9 Å². The maximum Gasteiger partial charge on any atom is 0.228 e. The predicted octanol–water partition coefficient (Wildman–Crippen LogP) is 0.571. The van der Waals surface area contributed by atoms with E-state index in [9.17, 15) is 9.59 Å². The van der Waals surface area contributed by atoms with E-state index in [1.165, 1.54) is 0 Å². The second-order valence-corrected chi connectivity index (χ2v) is 7.03. The van der Waals surface area contributed by atoms with Crippen molar-refractivity contribution >= 4 is 23.2 Å². The van der Waals surface area contributed by atoms with E-state index in [0.717, 1.165) is 16.3 Å². The summed E-state index contributed by atoms with van der Waals surface area (Å²) in [6, 6.07) is 5.92. The van der Waals surface area contributed by atoms with Gasteiger partial charge >= 0.3 is 0 Å². The van der Waals surface area contributed by atoms with Crippen LogP contribution in [0.4, 0.5) is 0 Å². The van der Waals surface area contributed by atoms with E-state index < -0.39 is 0 Å². The molecular weight excluding hydrogens is 340 g/mol. The zero-order valence-corrected chi connectivity index (χ0v) is 14.8. The summed E-state index contributed by atoms with van der Waals surface area (Å²) < 4.78 is 1.93. The monoisotopic (exact) mass is 362 g/mol. The third-order valence-electron chi connectivity index (χ3n) is 4.15. The molecule has 0 spiro atoms. The first kappa shape index (κ1) is 17.6. The van der Waals surface area contributed by atoms with Gasteiger partial charge in [0.25, 0.3) is 0 Å². The molecule has 0 aliphatic carbocycles. The van der Waals surface area contributed by atoms with Gasteiger partial charge in [0, 0.05) is 30.8 Å². The smallest absolute Gasteiger partial charge is 0.228 e. The molecule has 0 radical (unpaired) electrons. The lowest BCUT2D eigenvalue weighted by molar-refractivity contribution is -0.132. The molecule has 0 unspecified atom stereocenters. The Labute approximate surface area is 150 Å². The summed E-state index contributed by atoms with van der Waals surface area (Å²) >= 11 is 1.60. The maximum absolute atomic E-state index is 12.4. The molecule has 3 rings (SSSR count). The van der Waals surface area contributed by atoms with Crippen molar-refractivity contribution in [1.29, 1.82) is 0 Å². The summed E-state index contributed by atoms with van der Waals surface area (Å²) in [4.78, 5) is 27.0. The average molecular weight is 362 g/mol. The zero-order valence-electron chi connectivity index (χ0n) is 14.0. The van der Waals surface area contributed by atoms with Gasteiger partial charge in [0.1, 0.15) is 0 Å². The topological polar surface area (TPSA) is 87.5 Å². The maximum atomic E-state index is 12.4. The molecule has 134 valence electrons. The van der Waals surface area contributed by atoms with Gasteiger partial charge in [0.15, 0.2) is 0 Å². The molecule has 3 heterocycles. The number of nitrogens with zero attached hydrogens (tertiary/aromatic N) is 3. The number of aliphatic hydroxyl groups excluding tert-OH is 1. The molecule has 7 nitrogen and oxygen atoms in total. The Morgan fingerprint density at radius 1 is 1.36 bits per heavy atom. The molecule has 2 N–H and O–H groups in total. The third-order valence-corrected chi connectivity index (χ3v) is 5.03. The quantitative estimate of drug-likeness (QED) is 0.754. The highest BCUT2D eigenvalue weighted by Gasteiger charge is 2.22. The van der Waals surface area contributed by atoms with E-state index in [-0.39, 0.29) is 25.0 Å². The fourth-order valence-corrected chi connectivity index (χ4v) is 3.56. The van der Waals surface area contributed by atoms with Crippen LogP contribution in [0.15, 0.2) is 23.6 Å². The van der Waals surface area contributed by atoms with E-state index in [4.69, 9.17) is 5.11 Å². The zero-order chi connectivity index (χ0) is 17.6. The number of thiophene rings is 1. The van der Waals surface area contributed by atoms with Crippen molar-refractivity contribution in [2.45, 2.75) is 32.4 Å². The van der Waals surface area contributed by atoms with Crippen LogP contribution in [0.5, 0.6) is 0 Å². The molecule has 0 saturated heterocycles. The van der Waals surface area contributed by atoms with Crippen LogP contribution in [0.1, 0.15) is 22.7 Å². The fourth-order valence-electron chi connectivity index (χ4n) is 2.86. The van der Waals surface area contributed by atoms with Crippen LogP contribution >= 0.6 is 11.3 Å². The molecule has 0 fully saturated rings. The normalized spacial score (nSPS) is 13.6. The van der Waals surface area contributed by atoms with Gasteiger partial charge in [-0.25, -0.2) is 0 Å². The predicted molar refractivity (Wildman–Crippen MR) is 94.1 cm³/mol. The van der Waals surface area contributed by atoms with Crippen molar-refractivity contribution in [2.24, 2.45) is 0 Å². The summed E-state index contributed by atoms with van der Waals surface area (Å²) in [5.74, 6) is 0.0487. The van der Waals surface area contributed by atoms with Gasteiger partial charge in [-0.15, -0.1) is 11.3 Å². The second kappa shape index (κ2) is 8.26. The Kier molecular flexibility index (Phi) is 5.83. The number of aromatic nitrogens is 2. The highest BCUT2D eigenvalue weighted by Crippen LogP contribution is 2.17. The average Bonchev–Trinajstić information content (AvgIpc) is 3.26. The standard InChI is InChI=1S/C17H22N4O3S/c22-8-5-18-16(23)4-3-13-10-14-12-20(6-7-21(14)19-13)17(24)11-15-2-1-9-25-15/h1-2,9-10,22H,3-8,11-12H2,(H,18,23). The summed E-state index contributed by atoms with van der Waals surface area (Å²) in [6.07, 6.45) is 1.35. The number of amides is 2. The molecule has 2 aromatic rings. The van der Waals surface area contributed by atoms with E-state index in [1.807, 2.05) is 33.2 Å². The Bertz CT molecular complexity index is 726. The molecule has 2 amide bonds. The molecule has 1 aliphatic rings. The Hall–Kier alpha value is -2.19. The van der Waals surface area contributed by atoms with Crippen LogP contribution in [-0.4, -0.2) is 51.3 Å². The number of carbonyl (C=O) groups excluding carboxylic acids is 2. The van der Waals surface area contributed by atoms with E-state index in [2.05, 4.69) is 10.4 Å². The van der Waals surface area contributed by atoms with Crippen molar-refractivity contribution in [1.82, 2.24) is 20.0 Å². The van der Waals surface area contributed by atoms with E-state index >= 15 is 0 Å². The lowest BCUT2D eigenvalue weighted by atomic mass is 10.2. The molecule has 8 heteroatoms. The number of rotatable bonds is 7. The van der Waals surface area contributed by atoms with Gasteiger partial charge in [-0.05, 0) is 17.5 Å². The summed E-state index contributed by atoms with van der Waals surface area (Å²) in [6.45, 7) is 2.13. The van der Waals surface area contributed by atoms with Crippen LogP contribution in [0.3, 0.4) is 0 Å². The van der Waals surface area contributed by atoms with Crippen molar-refractivity contribution in [3.63, 3.8) is 0 Å². The Balaban J connectivity index is 1.54. The molecule has 1 aliphatic heterocycles. The molecule has 0 bridgehead atoms. The summed E-state index contributed by atoms with van der Waals surface area (Å²) in [5.41, 5.74) is 1.87. The third kappa shape index (κ3) is 4.67.